The van der Waals surface area contributed by atoms with Crippen molar-refractivity contribution in [3.05, 3.63) is 57.8 Å². The Morgan fingerprint density at radius 3 is 2.54 bits per heavy atom. The lowest BCUT2D eigenvalue weighted by Crippen LogP contribution is -2.48. The number of aryl methyl sites for hydroxylation is 1. The van der Waals surface area contributed by atoms with Crippen molar-refractivity contribution in [1.29, 1.82) is 0 Å². The van der Waals surface area contributed by atoms with Crippen LogP contribution in [-0.4, -0.2) is 43.2 Å². The molecule has 24 heavy (non-hydrogen) atoms. The first-order valence-corrected chi connectivity index (χ1v) is 9.26. The van der Waals surface area contributed by atoms with Crippen LogP contribution in [0.15, 0.2) is 41.8 Å². The topological polar surface area (TPSA) is 41.6 Å². The fraction of sp³-hybridized carbons (Fsp3) is 0.421. The van der Waals surface area contributed by atoms with Crippen molar-refractivity contribution in [1.82, 2.24) is 10.2 Å². The molecule has 1 N–H and O–H groups in total. The third kappa shape index (κ3) is 4.04. The Morgan fingerprint density at radius 1 is 1.21 bits per heavy atom. The molecular formula is C19H24N2O2S. The highest BCUT2D eigenvalue weighted by Gasteiger charge is 2.29. The lowest BCUT2D eigenvalue weighted by atomic mass is 10.0. The third-order valence-electron chi connectivity index (χ3n) is 4.42. The van der Waals surface area contributed by atoms with E-state index in [4.69, 9.17) is 4.74 Å². The standard InChI is InChI=1S/C19H24N2O2S/c1-14-5-7-16(8-6-14)19(22)20-15(2)18(17-4-3-13-24-17)21-9-11-23-12-10-21/h3-8,13,15,18H,9-12H2,1-2H3,(H,20,22). The molecule has 0 radical (unpaired) electrons. The summed E-state index contributed by atoms with van der Waals surface area (Å²) in [6, 6.07) is 12.1. The second-order valence-corrected chi connectivity index (χ2v) is 7.22. The van der Waals surface area contributed by atoms with Gasteiger partial charge in [0.25, 0.3) is 5.91 Å². The number of amides is 1. The quantitative estimate of drug-likeness (QED) is 0.905. The maximum Gasteiger partial charge on any atom is 0.251 e. The smallest absolute Gasteiger partial charge is 0.251 e. The largest absolute Gasteiger partial charge is 0.379 e. The minimum atomic E-state index is -0.0164. The summed E-state index contributed by atoms with van der Waals surface area (Å²) in [5.74, 6) is -0.0164. The van der Waals surface area contributed by atoms with Gasteiger partial charge in [0.2, 0.25) is 0 Å². The van der Waals surface area contributed by atoms with Gasteiger partial charge in [-0.05, 0) is 37.4 Å². The zero-order chi connectivity index (χ0) is 16.9. The second kappa shape index (κ2) is 7.92. The molecule has 4 nitrogen and oxygen atoms in total. The van der Waals surface area contributed by atoms with E-state index in [1.54, 1.807) is 11.3 Å². The molecule has 128 valence electrons. The van der Waals surface area contributed by atoms with Crippen molar-refractivity contribution in [2.45, 2.75) is 25.9 Å². The predicted molar refractivity (Wildman–Crippen MR) is 97.6 cm³/mol. The number of benzene rings is 1. The molecule has 0 spiro atoms. The molecule has 1 aliphatic rings. The minimum absolute atomic E-state index is 0.0164. The van der Waals surface area contributed by atoms with Gasteiger partial charge in [0.05, 0.1) is 19.3 Å². The van der Waals surface area contributed by atoms with Crippen LogP contribution in [0.4, 0.5) is 0 Å². The van der Waals surface area contributed by atoms with Gasteiger partial charge in [0, 0.05) is 29.6 Å². The van der Waals surface area contributed by atoms with Gasteiger partial charge >= 0.3 is 0 Å². The summed E-state index contributed by atoms with van der Waals surface area (Å²) in [5, 5.41) is 5.28. The van der Waals surface area contributed by atoms with E-state index in [1.165, 1.54) is 4.88 Å². The molecule has 2 heterocycles. The number of nitrogens with zero attached hydrogens (tertiary/aromatic N) is 1. The fourth-order valence-corrected chi connectivity index (χ4v) is 4.10. The molecular weight excluding hydrogens is 320 g/mol. The monoisotopic (exact) mass is 344 g/mol. The lowest BCUT2D eigenvalue weighted by molar-refractivity contribution is 0.00969. The second-order valence-electron chi connectivity index (χ2n) is 6.24. The first-order chi connectivity index (χ1) is 11.6. The fourth-order valence-electron chi connectivity index (χ4n) is 3.13. The van der Waals surface area contributed by atoms with Gasteiger partial charge in [0.1, 0.15) is 0 Å². The zero-order valence-corrected chi connectivity index (χ0v) is 15.0. The van der Waals surface area contributed by atoms with E-state index in [2.05, 4.69) is 34.7 Å². The Bertz CT molecular complexity index is 649. The van der Waals surface area contributed by atoms with Crippen LogP contribution < -0.4 is 5.32 Å². The SMILES string of the molecule is Cc1ccc(C(=O)NC(C)C(c2cccs2)N2CCOCC2)cc1. The number of rotatable bonds is 5. The maximum absolute atomic E-state index is 12.6. The average molecular weight is 344 g/mol. The minimum Gasteiger partial charge on any atom is -0.379 e. The summed E-state index contributed by atoms with van der Waals surface area (Å²) in [4.78, 5) is 16.3. The van der Waals surface area contributed by atoms with Crippen LogP contribution in [0.1, 0.15) is 33.8 Å². The van der Waals surface area contributed by atoms with Gasteiger partial charge in [-0.1, -0.05) is 23.8 Å². The van der Waals surface area contributed by atoms with Gasteiger partial charge in [-0.25, -0.2) is 0 Å². The van der Waals surface area contributed by atoms with E-state index in [0.29, 0.717) is 5.56 Å². The summed E-state index contributed by atoms with van der Waals surface area (Å²) in [5.41, 5.74) is 1.86. The van der Waals surface area contributed by atoms with Crippen molar-refractivity contribution in [2.75, 3.05) is 26.3 Å². The Balaban J connectivity index is 1.74. The zero-order valence-electron chi connectivity index (χ0n) is 14.2. The number of carbonyl (C=O) groups excluding carboxylic acids is 1. The van der Waals surface area contributed by atoms with Crippen LogP contribution in [-0.2, 0) is 4.74 Å². The number of carbonyl (C=O) groups is 1. The van der Waals surface area contributed by atoms with Crippen LogP contribution in [0.25, 0.3) is 0 Å². The van der Waals surface area contributed by atoms with Gasteiger partial charge in [-0.2, -0.15) is 0 Å². The molecule has 1 fully saturated rings. The highest BCUT2D eigenvalue weighted by Crippen LogP contribution is 2.29. The van der Waals surface area contributed by atoms with Crippen LogP contribution in [0.5, 0.6) is 0 Å². The molecule has 1 aromatic carbocycles. The Morgan fingerprint density at radius 2 is 1.92 bits per heavy atom. The van der Waals surface area contributed by atoms with E-state index in [-0.39, 0.29) is 18.0 Å². The molecule has 0 bridgehead atoms. The number of thiophene rings is 1. The number of ether oxygens (including phenoxy) is 1. The summed E-state index contributed by atoms with van der Waals surface area (Å²) >= 11 is 1.74. The summed E-state index contributed by atoms with van der Waals surface area (Å²) < 4.78 is 5.48. The molecule has 2 atom stereocenters. The van der Waals surface area contributed by atoms with E-state index in [0.717, 1.165) is 31.9 Å². The van der Waals surface area contributed by atoms with E-state index < -0.39 is 0 Å². The van der Waals surface area contributed by atoms with Crippen LogP contribution in [0.3, 0.4) is 0 Å². The van der Waals surface area contributed by atoms with Crippen LogP contribution >= 0.6 is 11.3 Å². The predicted octanol–water partition coefficient (Wildman–Crippen LogP) is 3.25. The molecule has 1 aromatic heterocycles. The lowest BCUT2D eigenvalue weighted by Gasteiger charge is -2.37. The van der Waals surface area contributed by atoms with Gasteiger partial charge in [0.15, 0.2) is 0 Å². The molecule has 1 aliphatic heterocycles. The highest BCUT2D eigenvalue weighted by molar-refractivity contribution is 7.10. The highest BCUT2D eigenvalue weighted by atomic mass is 32.1. The van der Waals surface area contributed by atoms with E-state index >= 15 is 0 Å². The summed E-state index contributed by atoms with van der Waals surface area (Å²) in [6.07, 6.45) is 0. The number of hydrogen-bond donors (Lipinski definition) is 1. The first-order valence-electron chi connectivity index (χ1n) is 8.38. The van der Waals surface area contributed by atoms with Crippen molar-refractivity contribution in [3.8, 4) is 0 Å². The van der Waals surface area contributed by atoms with Crippen molar-refractivity contribution in [2.24, 2.45) is 0 Å². The molecule has 2 unspecified atom stereocenters. The molecule has 0 saturated carbocycles. The van der Waals surface area contributed by atoms with Gasteiger partial charge < -0.3 is 10.1 Å². The average Bonchev–Trinajstić information content (AvgIpc) is 3.10. The Labute approximate surface area is 147 Å². The van der Waals surface area contributed by atoms with E-state index in [1.807, 2.05) is 31.2 Å². The van der Waals surface area contributed by atoms with Crippen LogP contribution in [0.2, 0.25) is 0 Å². The Hall–Kier alpha value is -1.69. The van der Waals surface area contributed by atoms with Crippen molar-refractivity contribution in [3.63, 3.8) is 0 Å². The van der Waals surface area contributed by atoms with Gasteiger partial charge in [-0.3, -0.25) is 9.69 Å². The third-order valence-corrected chi connectivity index (χ3v) is 5.36. The molecule has 1 saturated heterocycles. The maximum atomic E-state index is 12.6. The van der Waals surface area contributed by atoms with E-state index in [9.17, 15) is 4.79 Å². The summed E-state index contributed by atoms with van der Waals surface area (Å²) in [6.45, 7) is 7.41. The number of nitrogens with one attached hydrogen (secondary N) is 1. The molecule has 3 rings (SSSR count). The van der Waals surface area contributed by atoms with Gasteiger partial charge in [-0.15, -0.1) is 11.3 Å². The first kappa shape index (κ1) is 17.1. The number of hydrogen-bond acceptors (Lipinski definition) is 4. The normalized spacial score (nSPS) is 18.1. The van der Waals surface area contributed by atoms with Crippen LogP contribution in [0, 0.1) is 6.92 Å². The molecule has 1 amide bonds. The molecule has 2 aromatic rings. The molecule has 0 aliphatic carbocycles. The molecule has 5 heteroatoms. The number of morpholine rings is 1. The van der Waals surface area contributed by atoms with Crippen molar-refractivity contribution >= 4 is 17.2 Å². The Kier molecular flexibility index (Phi) is 5.66. The van der Waals surface area contributed by atoms with Crippen molar-refractivity contribution < 1.29 is 9.53 Å². The summed E-state index contributed by atoms with van der Waals surface area (Å²) in [7, 11) is 0.